The second kappa shape index (κ2) is 6.27. The van der Waals surface area contributed by atoms with Crippen LogP contribution >= 0.6 is 0 Å². The van der Waals surface area contributed by atoms with Crippen molar-refractivity contribution in [1.29, 1.82) is 0 Å². The Balaban J connectivity index is 2.25. The first kappa shape index (κ1) is 14.2. The Morgan fingerprint density at radius 2 is 2.05 bits per heavy atom. The van der Waals surface area contributed by atoms with E-state index in [9.17, 15) is 9.59 Å². The molecule has 0 spiro atoms. The second-order valence-corrected chi connectivity index (χ2v) is 4.46. The van der Waals surface area contributed by atoms with Crippen molar-refractivity contribution in [2.75, 3.05) is 33.9 Å². The van der Waals surface area contributed by atoms with Crippen LogP contribution in [0, 0.1) is 0 Å². The van der Waals surface area contributed by atoms with Crippen LogP contribution in [0.2, 0.25) is 0 Å². The molecule has 6 heteroatoms. The van der Waals surface area contributed by atoms with Gasteiger partial charge >= 0.3 is 0 Å². The number of methoxy groups -OCH3 is 2. The maximum absolute atomic E-state index is 12.6. The summed E-state index contributed by atoms with van der Waals surface area (Å²) in [6.45, 7) is 1.37. The molecule has 0 bridgehead atoms. The molecule has 2 rings (SSSR count). The minimum atomic E-state index is -0.155. The molecular weight excluding hydrogens is 260 g/mol. The van der Waals surface area contributed by atoms with E-state index in [-0.39, 0.29) is 11.8 Å². The third-order valence-corrected chi connectivity index (χ3v) is 3.24. The van der Waals surface area contributed by atoms with E-state index in [1.165, 1.54) is 7.11 Å². The van der Waals surface area contributed by atoms with Gasteiger partial charge < -0.3 is 19.7 Å². The first-order valence-corrected chi connectivity index (χ1v) is 6.43. The summed E-state index contributed by atoms with van der Waals surface area (Å²) in [5, 5.41) is 2.74. The molecule has 108 valence electrons. The van der Waals surface area contributed by atoms with E-state index < -0.39 is 0 Å². The highest BCUT2D eigenvalue weighted by molar-refractivity contribution is 5.97. The van der Waals surface area contributed by atoms with Crippen molar-refractivity contribution in [3.8, 4) is 11.5 Å². The van der Waals surface area contributed by atoms with Crippen molar-refractivity contribution in [3.05, 3.63) is 23.8 Å². The van der Waals surface area contributed by atoms with Crippen molar-refractivity contribution >= 4 is 11.8 Å². The highest BCUT2D eigenvalue weighted by Gasteiger charge is 2.22. The molecule has 0 aromatic heterocycles. The zero-order valence-corrected chi connectivity index (χ0v) is 11.6. The van der Waals surface area contributed by atoms with Crippen LogP contribution in [0.5, 0.6) is 11.5 Å². The second-order valence-electron chi connectivity index (χ2n) is 4.46. The largest absolute Gasteiger partial charge is 0.497 e. The summed E-state index contributed by atoms with van der Waals surface area (Å²) < 4.78 is 10.4. The number of nitrogens with one attached hydrogen (secondary N) is 1. The van der Waals surface area contributed by atoms with Gasteiger partial charge in [-0.25, -0.2) is 0 Å². The number of nitrogens with zero attached hydrogens (tertiary/aromatic N) is 1. The molecule has 2 amide bonds. The summed E-state index contributed by atoms with van der Waals surface area (Å²) >= 11 is 0. The lowest BCUT2D eigenvalue weighted by atomic mass is 10.1. The molecule has 1 saturated heterocycles. The van der Waals surface area contributed by atoms with Gasteiger partial charge in [-0.1, -0.05) is 0 Å². The molecule has 0 saturated carbocycles. The van der Waals surface area contributed by atoms with E-state index in [2.05, 4.69) is 5.32 Å². The molecule has 0 atom stereocenters. The Morgan fingerprint density at radius 1 is 1.25 bits per heavy atom. The average Bonchev–Trinajstić information content (AvgIpc) is 2.70. The summed E-state index contributed by atoms with van der Waals surface area (Å²) in [7, 11) is 3.07. The van der Waals surface area contributed by atoms with Crippen LogP contribution in [0.25, 0.3) is 0 Å². The van der Waals surface area contributed by atoms with Gasteiger partial charge in [0.25, 0.3) is 5.91 Å². The lowest BCUT2D eigenvalue weighted by molar-refractivity contribution is -0.120. The summed E-state index contributed by atoms with van der Waals surface area (Å²) in [4.78, 5) is 25.5. The van der Waals surface area contributed by atoms with E-state index in [1.807, 2.05) is 0 Å². The van der Waals surface area contributed by atoms with Crippen LogP contribution in [0.1, 0.15) is 16.8 Å². The lowest BCUT2D eigenvalue weighted by Crippen LogP contribution is -2.34. The number of ether oxygens (including phenoxy) is 2. The Hall–Kier alpha value is -2.24. The summed E-state index contributed by atoms with van der Waals surface area (Å²) in [5.41, 5.74) is 0.446. The van der Waals surface area contributed by atoms with Gasteiger partial charge in [0.1, 0.15) is 11.5 Å². The normalized spacial score (nSPS) is 15.3. The van der Waals surface area contributed by atoms with Gasteiger partial charge in [0.05, 0.1) is 19.8 Å². The lowest BCUT2D eigenvalue weighted by Gasteiger charge is -2.21. The molecule has 1 aliphatic rings. The fourth-order valence-electron chi connectivity index (χ4n) is 2.12. The standard InChI is InChI=1S/C14H18N2O4/c1-19-10-3-4-12(20-2)11(9-10)14(18)16-7-5-13(17)15-6-8-16/h3-4,9H,5-8H2,1-2H3,(H,15,17). The van der Waals surface area contributed by atoms with Crippen molar-refractivity contribution in [2.24, 2.45) is 0 Å². The van der Waals surface area contributed by atoms with Gasteiger partial charge in [-0.05, 0) is 18.2 Å². The molecule has 0 radical (unpaired) electrons. The van der Waals surface area contributed by atoms with Gasteiger partial charge in [0, 0.05) is 26.1 Å². The first-order chi connectivity index (χ1) is 9.65. The number of hydrogen-bond acceptors (Lipinski definition) is 4. The van der Waals surface area contributed by atoms with Crippen LogP contribution in [0.3, 0.4) is 0 Å². The zero-order chi connectivity index (χ0) is 14.5. The van der Waals surface area contributed by atoms with Gasteiger partial charge in [-0.2, -0.15) is 0 Å². The zero-order valence-electron chi connectivity index (χ0n) is 11.6. The maximum Gasteiger partial charge on any atom is 0.257 e. The van der Waals surface area contributed by atoms with Crippen LogP contribution in [0.4, 0.5) is 0 Å². The molecule has 1 N–H and O–H groups in total. The number of amides is 2. The predicted octanol–water partition coefficient (Wildman–Crippen LogP) is 0.666. The van der Waals surface area contributed by atoms with E-state index in [1.54, 1.807) is 30.2 Å². The molecule has 20 heavy (non-hydrogen) atoms. The van der Waals surface area contributed by atoms with Gasteiger partial charge in [0.15, 0.2) is 0 Å². The highest BCUT2D eigenvalue weighted by Crippen LogP contribution is 2.25. The van der Waals surface area contributed by atoms with Crippen LogP contribution < -0.4 is 14.8 Å². The monoisotopic (exact) mass is 278 g/mol. The van der Waals surface area contributed by atoms with Crippen LogP contribution in [-0.2, 0) is 4.79 Å². The molecule has 1 fully saturated rings. The maximum atomic E-state index is 12.6. The summed E-state index contributed by atoms with van der Waals surface area (Å²) in [6, 6.07) is 5.09. The molecule has 6 nitrogen and oxygen atoms in total. The molecule has 0 aliphatic carbocycles. The van der Waals surface area contributed by atoms with Gasteiger partial charge in [-0.3, -0.25) is 9.59 Å². The van der Waals surface area contributed by atoms with Gasteiger partial charge in [-0.15, -0.1) is 0 Å². The number of hydrogen-bond donors (Lipinski definition) is 1. The predicted molar refractivity (Wildman–Crippen MR) is 73.1 cm³/mol. The van der Waals surface area contributed by atoms with E-state index in [0.717, 1.165) is 0 Å². The van der Waals surface area contributed by atoms with E-state index >= 15 is 0 Å². The number of benzene rings is 1. The molecule has 1 aromatic carbocycles. The first-order valence-electron chi connectivity index (χ1n) is 6.43. The molecule has 1 aromatic rings. The molecule has 0 unspecified atom stereocenters. The fraction of sp³-hybridized carbons (Fsp3) is 0.429. The van der Waals surface area contributed by atoms with E-state index in [4.69, 9.17) is 9.47 Å². The fourth-order valence-corrected chi connectivity index (χ4v) is 2.12. The Morgan fingerprint density at radius 3 is 2.75 bits per heavy atom. The van der Waals surface area contributed by atoms with Crippen molar-refractivity contribution in [2.45, 2.75) is 6.42 Å². The third kappa shape index (κ3) is 3.01. The Labute approximate surface area is 117 Å². The van der Waals surface area contributed by atoms with Gasteiger partial charge in [0.2, 0.25) is 5.91 Å². The minimum absolute atomic E-state index is 0.0297. The van der Waals surface area contributed by atoms with Crippen LogP contribution in [0.15, 0.2) is 18.2 Å². The van der Waals surface area contributed by atoms with Crippen molar-refractivity contribution < 1.29 is 19.1 Å². The summed E-state index contributed by atoms with van der Waals surface area (Å²) in [5.74, 6) is 0.910. The molecular formula is C14H18N2O4. The number of carbonyl (C=O) groups is 2. The highest BCUT2D eigenvalue weighted by atomic mass is 16.5. The number of carbonyl (C=O) groups excluding carboxylic acids is 2. The van der Waals surface area contributed by atoms with Crippen molar-refractivity contribution in [1.82, 2.24) is 10.2 Å². The SMILES string of the molecule is COc1ccc(OC)c(C(=O)N2CCNC(=O)CC2)c1. The Bertz CT molecular complexity index is 516. The smallest absolute Gasteiger partial charge is 0.257 e. The average molecular weight is 278 g/mol. The topological polar surface area (TPSA) is 67.9 Å². The quantitative estimate of drug-likeness (QED) is 0.882. The molecule has 1 heterocycles. The minimum Gasteiger partial charge on any atom is -0.497 e. The number of rotatable bonds is 3. The van der Waals surface area contributed by atoms with E-state index in [0.29, 0.717) is 43.1 Å². The third-order valence-electron chi connectivity index (χ3n) is 3.24. The summed E-state index contributed by atoms with van der Waals surface area (Å²) in [6.07, 6.45) is 0.317. The molecule has 1 aliphatic heterocycles. The van der Waals surface area contributed by atoms with Crippen molar-refractivity contribution in [3.63, 3.8) is 0 Å². The van der Waals surface area contributed by atoms with Crippen LogP contribution in [-0.4, -0.2) is 50.6 Å². The Kier molecular flexibility index (Phi) is 4.45.